The van der Waals surface area contributed by atoms with Crippen molar-refractivity contribution in [2.45, 2.75) is 44.2 Å². The summed E-state index contributed by atoms with van der Waals surface area (Å²) >= 11 is 0. The van der Waals surface area contributed by atoms with Crippen molar-refractivity contribution in [2.75, 3.05) is 13.2 Å². The lowest BCUT2D eigenvalue weighted by molar-refractivity contribution is -0.149. The number of amides is 3. The van der Waals surface area contributed by atoms with Crippen LogP contribution in [0, 0.1) is 0 Å². The van der Waals surface area contributed by atoms with Crippen molar-refractivity contribution in [1.29, 1.82) is 0 Å². The smallest absolute Gasteiger partial charge is 0.325 e. The Morgan fingerprint density at radius 2 is 2.21 bits per heavy atom. The second kappa shape index (κ2) is 4.48. The van der Waals surface area contributed by atoms with Crippen molar-refractivity contribution < 1.29 is 24.2 Å². The second-order valence-electron chi connectivity index (χ2n) is 5.38. The lowest BCUT2D eigenvalue weighted by atomic mass is 9.79. The molecule has 2 heterocycles. The summed E-state index contributed by atoms with van der Waals surface area (Å²) in [4.78, 5) is 35.6. The van der Waals surface area contributed by atoms with Gasteiger partial charge in [-0.05, 0) is 13.3 Å². The molecule has 0 aromatic heterocycles. The Balaban J connectivity index is 2.23. The quantitative estimate of drug-likeness (QED) is 0.721. The highest BCUT2D eigenvalue weighted by Gasteiger charge is 2.56. The Hall–Kier alpha value is -1.63. The normalized spacial score (nSPS) is 34.7. The average molecular weight is 270 g/mol. The predicted molar refractivity (Wildman–Crippen MR) is 64.5 cm³/mol. The first-order valence-corrected chi connectivity index (χ1v) is 6.32. The zero-order valence-electron chi connectivity index (χ0n) is 11.1. The molecule has 2 fully saturated rings. The number of ether oxygens (including phenoxy) is 1. The highest BCUT2D eigenvalue weighted by molar-refractivity contribution is 6.08. The van der Waals surface area contributed by atoms with Gasteiger partial charge in [0.15, 0.2) is 0 Å². The lowest BCUT2D eigenvalue weighted by Crippen LogP contribution is -2.57. The first-order chi connectivity index (χ1) is 8.82. The van der Waals surface area contributed by atoms with Crippen LogP contribution in [0.25, 0.3) is 0 Å². The zero-order valence-corrected chi connectivity index (χ0v) is 11.1. The number of nitrogens with zero attached hydrogens (tertiary/aromatic N) is 1. The zero-order chi connectivity index (χ0) is 14.3. The van der Waals surface area contributed by atoms with E-state index in [0.717, 1.165) is 11.3 Å². The van der Waals surface area contributed by atoms with Crippen LogP contribution in [-0.4, -0.2) is 52.2 Å². The molecule has 2 aliphatic heterocycles. The third-order valence-electron chi connectivity index (χ3n) is 3.94. The van der Waals surface area contributed by atoms with Crippen LogP contribution >= 0.6 is 0 Å². The maximum absolute atomic E-state index is 12.4. The van der Waals surface area contributed by atoms with Crippen LogP contribution in [-0.2, 0) is 14.3 Å². The Labute approximate surface area is 110 Å². The molecule has 0 aliphatic carbocycles. The number of hydrogen-bond donors (Lipinski definition) is 2. The number of carbonyl (C=O) groups excluding carboxylic acids is 2. The van der Waals surface area contributed by atoms with E-state index in [0.29, 0.717) is 19.4 Å². The van der Waals surface area contributed by atoms with Crippen molar-refractivity contribution in [1.82, 2.24) is 10.2 Å². The van der Waals surface area contributed by atoms with E-state index < -0.39 is 35.6 Å². The topological polar surface area (TPSA) is 95.9 Å². The van der Waals surface area contributed by atoms with Crippen LogP contribution in [0.2, 0.25) is 0 Å². The molecule has 0 bridgehead atoms. The van der Waals surface area contributed by atoms with Gasteiger partial charge < -0.3 is 15.2 Å². The van der Waals surface area contributed by atoms with E-state index in [9.17, 15) is 14.4 Å². The highest BCUT2D eigenvalue weighted by Crippen LogP contribution is 2.38. The number of nitrogens with one attached hydrogen (secondary N) is 1. The van der Waals surface area contributed by atoms with Gasteiger partial charge in [0.1, 0.15) is 12.1 Å². The molecule has 0 aromatic rings. The minimum absolute atomic E-state index is 0.372. The van der Waals surface area contributed by atoms with Crippen molar-refractivity contribution in [3.8, 4) is 0 Å². The number of carbonyl (C=O) groups is 3. The molecule has 7 nitrogen and oxygen atoms in total. The summed E-state index contributed by atoms with van der Waals surface area (Å²) in [6.07, 6.45) is 1.47. The maximum Gasteiger partial charge on any atom is 0.325 e. The summed E-state index contributed by atoms with van der Waals surface area (Å²) in [5.41, 5.74) is -1.48. The van der Waals surface area contributed by atoms with Gasteiger partial charge in [0.05, 0.1) is 12.2 Å². The Morgan fingerprint density at radius 3 is 2.79 bits per heavy atom. The monoisotopic (exact) mass is 270 g/mol. The van der Waals surface area contributed by atoms with Crippen LogP contribution in [0.1, 0.15) is 33.1 Å². The molecule has 2 atom stereocenters. The second-order valence-corrected chi connectivity index (χ2v) is 5.38. The molecule has 2 aliphatic rings. The molecule has 2 rings (SSSR count). The van der Waals surface area contributed by atoms with Gasteiger partial charge in [-0.3, -0.25) is 14.5 Å². The standard InChI is InChI=1S/C12H18N2O5/c1-3-11(2)7-12(4-5-19-11)9(17)14(6-8(15)16)10(18)13-12/h3-7H2,1-2H3,(H,13,18)(H,15,16). The number of imide groups is 1. The molecule has 19 heavy (non-hydrogen) atoms. The van der Waals surface area contributed by atoms with E-state index in [-0.39, 0.29) is 0 Å². The van der Waals surface area contributed by atoms with Crippen LogP contribution < -0.4 is 5.32 Å². The summed E-state index contributed by atoms with van der Waals surface area (Å²) in [7, 11) is 0. The summed E-state index contributed by atoms with van der Waals surface area (Å²) in [5.74, 6) is -1.66. The van der Waals surface area contributed by atoms with Gasteiger partial charge in [-0.1, -0.05) is 6.92 Å². The van der Waals surface area contributed by atoms with E-state index in [2.05, 4.69) is 5.32 Å². The molecule has 2 saturated heterocycles. The van der Waals surface area contributed by atoms with Gasteiger partial charge in [-0.2, -0.15) is 0 Å². The number of carboxylic acid groups (broad SMARTS) is 1. The van der Waals surface area contributed by atoms with E-state index in [1.807, 2.05) is 13.8 Å². The van der Waals surface area contributed by atoms with Gasteiger partial charge in [-0.25, -0.2) is 4.79 Å². The van der Waals surface area contributed by atoms with E-state index >= 15 is 0 Å². The van der Waals surface area contributed by atoms with Crippen molar-refractivity contribution in [3.63, 3.8) is 0 Å². The summed E-state index contributed by atoms with van der Waals surface area (Å²) in [5, 5.41) is 11.4. The maximum atomic E-state index is 12.4. The van der Waals surface area contributed by atoms with E-state index in [4.69, 9.17) is 9.84 Å². The predicted octanol–water partition coefficient (Wildman–Crippen LogP) is 0.341. The molecular formula is C12H18N2O5. The molecule has 3 amide bonds. The van der Waals surface area contributed by atoms with Gasteiger partial charge in [-0.15, -0.1) is 0 Å². The summed E-state index contributed by atoms with van der Waals surface area (Å²) in [6, 6.07) is -0.632. The van der Waals surface area contributed by atoms with Crippen molar-refractivity contribution in [2.24, 2.45) is 0 Å². The number of aliphatic carboxylic acids is 1. The molecule has 2 N–H and O–H groups in total. The highest BCUT2D eigenvalue weighted by atomic mass is 16.5. The van der Waals surface area contributed by atoms with Gasteiger partial charge in [0.2, 0.25) is 0 Å². The molecule has 0 aromatic carbocycles. The van der Waals surface area contributed by atoms with Crippen LogP contribution in [0.3, 0.4) is 0 Å². The van der Waals surface area contributed by atoms with E-state index in [1.165, 1.54) is 0 Å². The molecule has 0 radical (unpaired) electrons. The summed E-state index contributed by atoms with van der Waals surface area (Å²) in [6.45, 7) is 3.62. The molecule has 0 saturated carbocycles. The first kappa shape index (κ1) is 13.8. The Kier molecular flexibility index (Phi) is 3.25. The first-order valence-electron chi connectivity index (χ1n) is 6.32. The average Bonchev–Trinajstić information content (AvgIpc) is 2.53. The Bertz CT molecular complexity index is 438. The molecule has 7 heteroatoms. The summed E-state index contributed by atoms with van der Waals surface area (Å²) < 4.78 is 5.66. The molecule has 2 unspecified atom stereocenters. The number of carboxylic acids is 1. The van der Waals surface area contributed by atoms with Crippen molar-refractivity contribution >= 4 is 17.9 Å². The number of urea groups is 1. The SMILES string of the molecule is CCC1(C)CC2(CCO1)NC(=O)N(CC(=O)O)C2=O. The fraction of sp³-hybridized carbons (Fsp3) is 0.750. The minimum Gasteiger partial charge on any atom is -0.480 e. The van der Waals surface area contributed by atoms with Gasteiger partial charge in [0, 0.05) is 12.8 Å². The third kappa shape index (κ3) is 2.30. The lowest BCUT2D eigenvalue weighted by Gasteiger charge is -2.42. The van der Waals surface area contributed by atoms with Crippen LogP contribution in [0.15, 0.2) is 0 Å². The van der Waals surface area contributed by atoms with Gasteiger partial charge >= 0.3 is 12.0 Å². The van der Waals surface area contributed by atoms with Gasteiger partial charge in [0.25, 0.3) is 5.91 Å². The Morgan fingerprint density at radius 1 is 1.53 bits per heavy atom. The fourth-order valence-corrected chi connectivity index (χ4v) is 2.72. The molecule has 106 valence electrons. The van der Waals surface area contributed by atoms with Crippen LogP contribution in [0.5, 0.6) is 0 Å². The van der Waals surface area contributed by atoms with E-state index in [1.54, 1.807) is 0 Å². The number of rotatable bonds is 3. The van der Waals surface area contributed by atoms with Crippen molar-refractivity contribution in [3.05, 3.63) is 0 Å². The third-order valence-corrected chi connectivity index (χ3v) is 3.94. The number of hydrogen-bond acceptors (Lipinski definition) is 4. The van der Waals surface area contributed by atoms with Crippen LogP contribution in [0.4, 0.5) is 4.79 Å². The minimum atomic E-state index is -1.20. The molecular weight excluding hydrogens is 252 g/mol. The fourth-order valence-electron chi connectivity index (χ4n) is 2.72. The largest absolute Gasteiger partial charge is 0.480 e. The molecule has 1 spiro atoms.